The fourth-order valence-electron chi connectivity index (χ4n) is 3.21. The summed E-state index contributed by atoms with van der Waals surface area (Å²) in [6, 6.07) is 1.72. The van der Waals surface area contributed by atoms with Gasteiger partial charge in [-0.2, -0.15) is 10.1 Å². The number of carbonyl (C=O) groups is 1. The van der Waals surface area contributed by atoms with Gasteiger partial charge in [0.1, 0.15) is 6.10 Å². The zero-order valence-electron chi connectivity index (χ0n) is 14.6. The van der Waals surface area contributed by atoms with Crippen LogP contribution in [0.3, 0.4) is 0 Å². The minimum Gasteiger partial charge on any atom is -0.480 e. The molecule has 1 amide bonds. The van der Waals surface area contributed by atoms with Crippen molar-refractivity contribution >= 4 is 5.91 Å². The van der Waals surface area contributed by atoms with Crippen molar-refractivity contribution in [2.45, 2.75) is 31.9 Å². The molecule has 1 fully saturated rings. The van der Waals surface area contributed by atoms with Crippen LogP contribution in [0, 0.1) is 0 Å². The zero-order chi connectivity index (χ0) is 17.9. The first-order chi connectivity index (χ1) is 12.7. The molecule has 2 aromatic rings. The van der Waals surface area contributed by atoms with Gasteiger partial charge in [0.15, 0.2) is 5.69 Å². The van der Waals surface area contributed by atoms with Gasteiger partial charge >= 0.3 is 0 Å². The number of aromatic nitrogens is 4. The van der Waals surface area contributed by atoms with Crippen molar-refractivity contribution in [3.05, 3.63) is 24.2 Å². The second-order valence-electron chi connectivity index (χ2n) is 6.33. The van der Waals surface area contributed by atoms with Crippen molar-refractivity contribution < 1.29 is 19.0 Å². The normalized spacial score (nSPS) is 19.4. The van der Waals surface area contributed by atoms with E-state index in [1.807, 2.05) is 0 Å². The molecule has 0 saturated carbocycles. The third-order valence-corrected chi connectivity index (χ3v) is 4.48. The molecule has 0 spiro atoms. The van der Waals surface area contributed by atoms with E-state index < -0.39 is 0 Å². The standard InChI is InChI=1S/C17H21N5O4/c1-24-14-9-18-10-15(19-14)26-12-4-2-5-21(11-12)17(23)13-8-16-22(20-13)6-3-7-25-16/h8-10,12H,2-7,11H2,1H3/t12-/m1/s1. The predicted molar refractivity (Wildman–Crippen MR) is 90.5 cm³/mol. The summed E-state index contributed by atoms with van der Waals surface area (Å²) in [5, 5.41) is 4.38. The van der Waals surface area contributed by atoms with Crippen molar-refractivity contribution in [2.24, 2.45) is 0 Å². The highest BCUT2D eigenvalue weighted by molar-refractivity contribution is 5.92. The molecule has 9 heteroatoms. The molecule has 2 aliphatic heterocycles. The van der Waals surface area contributed by atoms with Crippen LogP contribution in [-0.4, -0.2) is 63.5 Å². The number of carbonyl (C=O) groups excluding carboxylic acids is 1. The quantitative estimate of drug-likeness (QED) is 0.808. The van der Waals surface area contributed by atoms with Crippen LogP contribution in [-0.2, 0) is 6.54 Å². The molecule has 0 radical (unpaired) electrons. The molecule has 4 rings (SSSR count). The Labute approximate surface area is 150 Å². The maximum Gasteiger partial charge on any atom is 0.274 e. The first kappa shape index (κ1) is 16.6. The fraction of sp³-hybridized carbons (Fsp3) is 0.529. The topological polar surface area (TPSA) is 91.6 Å². The van der Waals surface area contributed by atoms with Crippen molar-refractivity contribution in [3.8, 4) is 17.6 Å². The van der Waals surface area contributed by atoms with E-state index in [0.29, 0.717) is 43.0 Å². The predicted octanol–water partition coefficient (Wildman–Crippen LogP) is 1.15. The van der Waals surface area contributed by atoms with Gasteiger partial charge < -0.3 is 19.1 Å². The van der Waals surface area contributed by atoms with E-state index in [1.54, 1.807) is 21.8 Å². The summed E-state index contributed by atoms with van der Waals surface area (Å²) in [4.78, 5) is 22.8. The van der Waals surface area contributed by atoms with Gasteiger partial charge in [-0.1, -0.05) is 0 Å². The summed E-state index contributed by atoms with van der Waals surface area (Å²) in [6.45, 7) is 2.62. The number of nitrogens with zero attached hydrogens (tertiary/aromatic N) is 5. The van der Waals surface area contributed by atoms with Crippen molar-refractivity contribution in [3.63, 3.8) is 0 Å². The monoisotopic (exact) mass is 359 g/mol. The van der Waals surface area contributed by atoms with Crippen LogP contribution in [0.5, 0.6) is 17.6 Å². The second-order valence-corrected chi connectivity index (χ2v) is 6.33. The van der Waals surface area contributed by atoms with Gasteiger partial charge in [-0.15, -0.1) is 0 Å². The molecule has 9 nitrogen and oxygen atoms in total. The molecule has 1 atom stereocenters. The Morgan fingerprint density at radius 3 is 3.00 bits per heavy atom. The van der Waals surface area contributed by atoms with E-state index in [9.17, 15) is 4.79 Å². The Balaban J connectivity index is 1.42. The SMILES string of the molecule is COc1cncc(O[C@@H]2CCCN(C(=O)c3cc4n(n3)CCCO4)C2)n1. The third kappa shape index (κ3) is 3.42. The lowest BCUT2D eigenvalue weighted by Gasteiger charge is -2.32. The molecule has 2 aliphatic rings. The Hall–Kier alpha value is -2.84. The van der Waals surface area contributed by atoms with Gasteiger partial charge in [-0.25, -0.2) is 4.68 Å². The van der Waals surface area contributed by atoms with E-state index >= 15 is 0 Å². The number of rotatable bonds is 4. The maximum absolute atomic E-state index is 12.8. The minimum absolute atomic E-state index is 0.0967. The number of methoxy groups -OCH3 is 1. The number of hydrogen-bond acceptors (Lipinski definition) is 7. The van der Waals surface area contributed by atoms with Crippen LogP contribution >= 0.6 is 0 Å². The molecule has 138 valence electrons. The van der Waals surface area contributed by atoms with Crippen molar-refractivity contribution in [2.75, 3.05) is 26.8 Å². The molecule has 0 aliphatic carbocycles. The van der Waals surface area contributed by atoms with E-state index in [2.05, 4.69) is 15.1 Å². The molecule has 1 saturated heterocycles. The number of piperidine rings is 1. The van der Waals surface area contributed by atoms with Gasteiger partial charge in [0, 0.05) is 25.6 Å². The summed E-state index contributed by atoms with van der Waals surface area (Å²) in [5.74, 6) is 1.36. The van der Waals surface area contributed by atoms with E-state index in [0.717, 1.165) is 25.8 Å². The van der Waals surface area contributed by atoms with Gasteiger partial charge in [-0.3, -0.25) is 9.78 Å². The van der Waals surface area contributed by atoms with E-state index in [4.69, 9.17) is 14.2 Å². The van der Waals surface area contributed by atoms with Crippen LogP contribution in [0.25, 0.3) is 0 Å². The largest absolute Gasteiger partial charge is 0.480 e. The maximum atomic E-state index is 12.8. The summed E-state index contributed by atoms with van der Waals surface area (Å²) < 4.78 is 18.3. The molecular formula is C17H21N5O4. The van der Waals surface area contributed by atoms with E-state index in [1.165, 1.54) is 13.3 Å². The van der Waals surface area contributed by atoms with Gasteiger partial charge in [0.05, 0.1) is 32.7 Å². The summed E-state index contributed by atoms with van der Waals surface area (Å²) in [5.41, 5.74) is 0.420. The molecule has 2 aromatic heterocycles. The first-order valence-corrected chi connectivity index (χ1v) is 8.75. The van der Waals surface area contributed by atoms with Crippen LogP contribution in [0.1, 0.15) is 29.8 Å². The molecule has 26 heavy (non-hydrogen) atoms. The summed E-state index contributed by atoms with van der Waals surface area (Å²) in [6.07, 6.45) is 5.55. The highest BCUT2D eigenvalue weighted by Gasteiger charge is 2.28. The number of likely N-dealkylation sites (tertiary alicyclic amines) is 1. The summed E-state index contributed by atoms with van der Waals surface area (Å²) in [7, 11) is 1.53. The molecule has 0 N–H and O–H groups in total. The average Bonchev–Trinajstić information content (AvgIpc) is 3.12. The Morgan fingerprint density at radius 2 is 2.15 bits per heavy atom. The number of hydrogen-bond donors (Lipinski definition) is 0. The van der Waals surface area contributed by atoms with Crippen molar-refractivity contribution in [1.29, 1.82) is 0 Å². The first-order valence-electron chi connectivity index (χ1n) is 8.75. The highest BCUT2D eigenvalue weighted by atomic mass is 16.5. The minimum atomic E-state index is -0.136. The number of aryl methyl sites for hydroxylation is 1. The second kappa shape index (κ2) is 7.19. The molecular weight excluding hydrogens is 338 g/mol. The Kier molecular flexibility index (Phi) is 4.59. The number of fused-ring (bicyclic) bond motifs is 1. The number of amides is 1. The van der Waals surface area contributed by atoms with Gasteiger partial charge in [0.25, 0.3) is 5.91 Å². The van der Waals surface area contributed by atoms with Crippen LogP contribution in [0.15, 0.2) is 18.5 Å². The lowest BCUT2D eigenvalue weighted by atomic mass is 10.1. The van der Waals surface area contributed by atoms with E-state index in [-0.39, 0.29) is 12.0 Å². The number of ether oxygens (including phenoxy) is 3. The average molecular weight is 359 g/mol. The Morgan fingerprint density at radius 1 is 1.27 bits per heavy atom. The van der Waals surface area contributed by atoms with Gasteiger partial charge in [0.2, 0.25) is 17.6 Å². The third-order valence-electron chi connectivity index (χ3n) is 4.48. The Bertz CT molecular complexity index is 770. The highest BCUT2D eigenvalue weighted by Crippen LogP contribution is 2.22. The molecule has 0 unspecified atom stereocenters. The zero-order valence-corrected chi connectivity index (χ0v) is 14.6. The van der Waals surface area contributed by atoms with Crippen LogP contribution in [0.4, 0.5) is 0 Å². The lowest BCUT2D eigenvalue weighted by molar-refractivity contribution is 0.0519. The van der Waals surface area contributed by atoms with Crippen LogP contribution < -0.4 is 14.2 Å². The molecule has 0 aromatic carbocycles. The van der Waals surface area contributed by atoms with Crippen molar-refractivity contribution in [1.82, 2.24) is 24.6 Å². The molecule has 4 heterocycles. The van der Waals surface area contributed by atoms with Crippen LogP contribution in [0.2, 0.25) is 0 Å². The lowest BCUT2D eigenvalue weighted by Crippen LogP contribution is -2.44. The summed E-state index contributed by atoms with van der Waals surface area (Å²) >= 11 is 0. The van der Waals surface area contributed by atoms with Gasteiger partial charge in [-0.05, 0) is 12.8 Å². The smallest absolute Gasteiger partial charge is 0.274 e. The molecule has 0 bridgehead atoms. The fourth-order valence-corrected chi connectivity index (χ4v) is 3.21.